The molecule has 2 nitrogen and oxygen atoms in total. The largest absolute Gasteiger partial charge is 0.360 e. The molecule has 1 rings (SSSR count). The molecule has 0 radical (unpaired) electrons. The average molecular weight is 258 g/mol. The monoisotopic (exact) mass is 258 g/mol. The maximum Gasteiger partial charge on any atom is 0.171 e. The van der Waals surface area contributed by atoms with E-state index in [1.54, 1.807) is 0 Å². The van der Waals surface area contributed by atoms with E-state index in [4.69, 9.17) is 12.2 Å². The van der Waals surface area contributed by atoms with Crippen LogP contribution in [0.1, 0.15) is 26.7 Å². The number of benzene rings is 1. The van der Waals surface area contributed by atoms with Crippen LogP contribution in [0.25, 0.3) is 0 Å². The number of anilines is 1. The molecule has 1 aromatic carbocycles. The smallest absolute Gasteiger partial charge is 0.171 e. The summed E-state index contributed by atoms with van der Waals surface area (Å²) in [5, 5.41) is 5.74. The van der Waals surface area contributed by atoms with Crippen molar-refractivity contribution in [1.29, 1.82) is 0 Å². The van der Waals surface area contributed by atoms with Gasteiger partial charge in [-0.2, -0.15) is 0 Å². The Balaban J connectivity index is 2.62. The summed E-state index contributed by atoms with van der Waals surface area (Å²) in [6, 6.07) is 3.86. The second kappa shape index (κ2) is 6.49. The van der Waals surface area contributed by atoms with E-state index in [9.17, 15) is 8.78 Å². The van der Waals surface area contributed by atoms with Gasteiger partial charge >= 0.3 is 0 Å². The number of halogens is 2. The second-order valence-electron chi connectivity index (χ2n) is 3.88. The summed E-state index contributed by atoms with van der Waals surface area (Å²) >= 11 is 4.99. The van der Waals surface area contributed by atoms with Crippen LogP contribution in [0.15, 0.2) is 18.2 Å². The molecule has 0 aliphatic rings. The molecule has 5 heteroatoms. The summed E-state index contributed by atoms with van der Waals surface area (Å²) in [5.41, 5.74) is -0.214. The van der Waals surface area contributed by atoms with E-state index in [2.05, 4.69) is 17.6 Å². The molecule has 0 amide bonds. The zero-order valence-electron chi connectivity index (χ0n) is 9.89. The third-order valence-corrected chi connectivity index (χ3v) is 2.52. The highest BCUT2D eigenvalue weighted by molar-refractivity contribution is 7.80. The van der Waals surface area contributed by atoms with Crippen LogP contribution in [0.2, 0.25) is 0 Å². The highest BCUT2D eigenvalue weighted by Gasteiger charge is 2.10. The molecule has 1 atom stereocenters. The molecule has 94 valence electrons. The molecular weight excluding hydrogens is 242 g/mol. The van der Waals surface area contributed by atoms with Gasteiger partial charge in [0.15, 0.2) is 5.11 Å². The predicted octanol–water partition coefficient (Wildman–Crippen LogP) is 3.44. The number of rotatable bonds is 4. The van der Waals surface area contributed by atoms with E-state index in [1.165, 1.54) is 18.2 Å². The Kier molecular flexibility index (Phi) is 5.28. The molecule has 0 saturated carbocycles. The van der Waals surface area contributed by atoms with Gasteiger partial charge in [0, 0.05) is 6.04 Å². The van der Waals surface area contributed by atoms with Crippen molar-refractivity contribution in [3.63, 3.8) is 0 Å². The lowest BCUT2D eigenvalue weighted by atomic mass is 10.2. The molecule has 2 N–H and O–H groups in total. The van der Waals surface area contributed by atoms with Gasteiger partial charge in [-0.1, -0.05) is 19.4 Å². The second-order valence-corrected chi connectivity index (χ2v) is 4.29. The van der Waals surface area contributed by atoms with Crippen LogP contribution in [0.3, 0.4) is 0 Å². The van der Waals surface area contributed by atoms with E-state index < -0.39 is 11.6 Å². The fourth-order valence-electron chi connectivity index (χ4n) is 1.50. The van der Waals surface area contributed by atoms with Crippen molar-refractivity contribution >= 4 is 23.0 Å². The first kappa shape index (κ1) is 13.8. The van der Waals surface area contributed by atoms with E-state index in [1.807, 2.05) is 6.92 Å². The van der Waals surface area contributed by atoms with Gasteiger partial charge in [-0.25, -0.2) is 8.78 Å². The molecular formula is C12H16F2N2S. The minimum absolute atomic E-state index is 0.176. The topological polar surface area (TPSA) is 24.1 Å². The summed E-state index contributed by atoms with van der Waals surface area (Å²) in [6.07, 6.45) is 1.96. The van der Waals surface area contributed by atoms with Crippen molar-refractivity contribution < 1.29 is 8.78 Å². The van der Waals surface area contributed by atoms with Crippen molar-refractivity contribution in [3.05, 3.63) is 29.8 Å². The molecule has 0 fully saturated rings. The normalized spacial score (nSPS) is 12.0. The van der Waals surface area contributed by atoms with Crippen LogP contribution >= 0.6 is 12.2 Å². The van der Waals surface area contributed by atoms with Crippen LogP contribution in [0, 0.1) is 11.6 Å². The Morgan fingerprint density at radius 2 is 1.94 bits per heavy atom. The third-order valence-electron chi connectivity index (χ3n) is 2.30. The van der Waals surface area contributed by atoms with Crippen LogP contribution in [-0.2, 0) is 0 Å². The van der Waals surface area contributed by atoms with E-state index in [-0.39, 0.29) is 16.8 Å². The molecule has 0 spiro atoms. The van der Waals surface area contributed by atoms with E-state index in [0.29, 0.717) is 0 Å². The summed E-state index contributed by atoms with van der Waals surface area (Å²) < 4.78 is 26.6. The third kappa shape index (κ3) is 4.26. The summed E-state index contributed by atoms with van der Waals surface area (Å²) in [7, 11) is 0. The first-order valence-electron chi connectivity index (χ1n) is 5.56. The van der Waals surface area contributed by atoms with Crippen molar-refractivity contribution in [2.75, 3.05) is 5.32 Å². The van der Waals surface area contributed by atoms with Crippen LogP contribution in [0.4, 0.5) is 14.5 Å². The molecule has 0 aromatic heterocycles. The van der Waals surface area contributed by atoms with Crippen molar-refractivity contribution in [1.82, 2.24) is 5.32 Å². The first-order chi connectivity index (χ1) is 8.04. The SMILES string of the molecule is CCC[C@H](C)NC(=S)Nc1c(F)cccc1F. The summed E-state index contributed by atoms with van der Waals surface area (Å²) in [5.74, 6) is -1.31. The van der Waals surface area contributed by atoms with Gasteiger partial charge in [-0.3, -0.25) is 0 Å². The van der Waals surface area contributed by atoms with Crippen LogP contribution in [-0.4, -0.2) is 11.2 Å². The molecule has 0 unspecified atom stereocenters. The Labute approximate surface area is 105 Å². The number of nitrogens with one attached hydrogen (secondary N) is 2. The zero-order chi connectivity index (χ0) is 12.8. The lowest BCUT2D eigenvalue weighted by Crippen LogP contribution is -2.36. The Bertz CT molecular complexity index is 376. The van der Waals surface area contributed by atoms with Gasteiger partial charge in [0.1, 0.15) is 17.3 Å². The minimum Gasteiger partial charge on any atom is -0.360 e. The summed E-state index contributed by atoms with van der Waals surface area (Å²) in [4.78, 5) is 0. The van der Waals surface area contributed by atoms with Gasteiger partial charge in [0.2, 0.25) is 0 Å². The van der Waals surface area contributed by atoms with Gasteiger partial charge in [-0.15, -0.1) is 0 Å². The standard InChI is InChI=1S/C12H16F2N2S/c1-3-5-8(2)15-12(17)16-11-9(13)6-4-7-10(11)14/h4,6-8H,3,5H2,1-2H3,(H2,15,16,17)/t8-/m0/s1. The fraction of sp³-hybridized carbons (Fsp3) is 0.417. The Hall–Kier alpha value is -1.23. The number of para-hydroxylation sites is 1. The van der Waals surface area contributed by atoms with Crippen molar-refractivity contribution in [2.45, 2.75) is 32.7 Å². The van der Waals surface area contributed by atoms with Gasteiger partial charge < -0.3 is 10.6 Å². The van der Waals surface area contributed by atoms with Crippen LogP contribution in [0.5, 0.6) is 0 Å². The molecule has 0 bridgehead atoms. The molecule has 0 aliphatic heterocycles. The minimum atomic E-state index is -0.655. The summed E-state index contributed by atoms with van der Waals surface area (Å²) in [6.45, 7) is 4.03. The quantitative estimate of drug-likeness (QED) is 0.809. The van der Waals surface area contributed by atoms with Crippen LogP contribution < -0.4 is 10.6 Å². The van der Waals surface area contributed by atoms with E-state index in [0.717, 1.165) is 12.8 Å². The molecule has 0 aliphatic carbocycles. The average Bonchev–Trinajstić information content (AvgIpc) is 2.24. The van der Waals surface area contributed by atoms with Crippen molar-refractivity contribution in [2.24, 2.45) is 0 Å². The van der Waals surface area contributed by atoms with Gasteiger partial charge in [0.05, 0.1) is 0 Å². The predicted molar refractivity (Wildman–Crippen MR) is 70.1 cm³/mol. The Morgan fingerprint density at radius 1 is 1.35 bits per heavy atom. The number of hydrogen-bond acceptors (Lipinski definition) is 1. The van der Waals surface area contributed by atoms with Gasteiger partial charge in [-0.05, 0) is 37.7 Å². The molecule has 0 saturated heterocycles. The van der Waals surface area contributed by atoms with Gasteiger partial charge in [0.25, 0.3) is 0 Å². The highest BCUT2D eigenvalue weighted by Crippen LogP contribution is 2.17. The molecule has 0 heterocycles. The number of hydrogen-bond donors (Lipinski definition) is 2. The lowest BCUT2D eigenvalue weighted by molar-refractivity contribution is 0.586. The van der Waals surface area contributed by atoms with Crippen molar-refractivity contribution in [3.8, 4) is 0 Å². The zero-order valence-corrected chi connectivity index (χ0v) is 10.7. The Morgan fingerprint density at radius 3 is 2.47 bits per heavy atom. The highest BCUT2D eigenvalue weighted by atomic mass is 32.1. The molecule has 17 heavy (non-hydrogen) atoms. The molecule has 1 aromatic rings. The maximum absolute atomic E-state index is 13.3. The van der Waals surface area contributed by atoms with E-state index >= 15 is 0 Å². The fourth-order valence-corrected chi connectivity index (χ4v) is 1.80. The number of thiocarbonyl (C=S) groups is 1. The first-order valence-corrected chi connectivity index (χ1v) is 5.97. The maximum atomic E-state index is 13.3. The lowest BCUT2D eigenvalue weighted by Gasteiger charge is -2.16.